The second-order valence-corrected chi connectivity index (χ2v) is 5.49. The van der Waals surface area contributed by atoms with Crippen LogP contribution in [0.1, 0.15) is 32.1 Å². The highest BCUT2D eigenvalue weighted by molar-refractivity contribution is 5.39. The molecule has 0 aliphatic heterocycles. The van der Waals surface area contributed by atoms with Crippen LogP contribution in [0.15, 0.2) is 60.8 Å². The number of hydrogen-bond donors (Lipinski definition) is 1. The minimum atomic E-state index is 0.206. The zero-order valence-corrected chi connectivity index (χ0v) is 11.8. The summed E-state index contributed by atoms with van der Waals surface area (Å²) in [6, 6.07) is 0.206. The van der Waals surface area contributed by atoms with Crippen LogP contribution in [-0.2, 0) is 0 Å². The van der Waals surface area contributed by atoms with Gasteiger partial charge in [0.1, 0.15) is 0 Å². The van der Waals surface area contributed by atoms with Crippen molar-refractivity contribution in [3.8, 4) is 0 Å². The van der Waals surface area contributed by atoms with Gasteiger partial charge in [0.2, 0.25) is 0 Å². The van der Waals surface area contributed by atoms with Gasteiger partial charge in [0.05, 0.1) is 6.04 Å². The fourth-order valence-electron chi connectivity index (χ4n) is 2.28. The molecule has 1 unspecified atom stereocenters. The summed E-state index contributed by atoms with van der Waals surface area (Å²) in [6.07, 6.45) is 19.3. The van der Waals surface area contributed by atoms with Crippen LogP contribution in [-0.4, -0.2) is 12.6 Å². The maximum atomic E-state index is 4.15. The van der Waals surface area contributed by atoms with Crippen LogP contribution in [0, 0.1) is 5.92 Å². The van der Waals surface area contributed by atoms with E-state index in [0.29, 0.717) is 0 Å². The third-order valence-electron chi connectivity index (χ3n) is 3.75. The van der Waals surface area contributed by atoms with E-state index in [4.69, 9.17) is 0 Å². The van der Waals surface area contributed by atoms with Gasteiger partial charge in [-0.3, -0.25) is 0 Å². The Morgan fingerprint density at radius 3 is 2.89 bits per heavy atom. The number of rotatable bonds is 6. The molecule has 2 aliphatic carbocycles. The van der Waals surface area contributed by atoms with E-state index in [1.54, 1.807) is 0 Å². The Labute approximate surface area is 117 Å². The van der Waals surface area contributed by atoms with Gasteiger partial charge in [-0.25, -0.2) is 0 Å². The van der Waals surface area contributed by atoms with Gasteiger partial charge in [-0.1, -0.05) is 49.6 Å². The first-order chi connectivity index (χ1) is 9.31. The highest BCUT2D eigenvalue weighted by Gasteiger charge is 2.23. The monoisotopic (exact) mass is 255 g/mol. The van der Waals surface area contributed by atoms with Crippen molar-refractivity contribution >= 4 is 0 Å². The maximum Gasteiger partial charge on any atom is 0.0570 e. The zero-order chi connectivity index (χ0) is 13.5. The van der Waals surface area contributed by atoms with Crippen molar-refractivity contribution in [1.29, 1.82) is 0 Å². The molecular weight excluding hydrogens is 230 g/mol. The number of nitrogens with one attached hydrogen (secondary N) is 1. The second kappa shape index (κ2) is 7.30. The molecule has 1 nitrogen and oxygen atoms in total. The Balaban J connectivity index is 2.10. The van der Waals surface area contributed by atoms with Crippen molar-refractivity contribution in [2.45, 2.75) is 38.1 Å². The fraction of sp³-hybridized carbons (Fsp3) is 0.444. The molecule has 0 spiro atoms. The molecular formula is C18H25N. The summed E-state index contributed by atoms with van der Waals surface area (Å²) in [7, 11) is 0. The van der Waals surface area contributed by atoms with Crippen LogP contribution in [0.25, 0.3) is 0 Å². The third kappa shape index (κ3) is 4.68. The minimum Gasteiger partial charge on any atom is -0.306 e. The first kappa shape index (κ1) is 14.1. The number of allylic oxidation sites excluding steroid dienone is 4. The van der Waals surface area contributed by atoms with Gasteiger partial charge < -0.3 is 5.32 Å². The predicted molar refractivity (Wildman–Crippen MR) is 84.1 cm³/mol. The summed E-state index contributed by atoms with van der Waals surface area (Å²) in [4.78, 5) is 0. The number of hydrogen-bond acceptors (Lipinski definition) is 1. The van der Waals surface area contributed by atoms with E-state index in [9.17, 15) is 0 Å². The van der Waals surface area contributed by atoms with E-state index in [2.05, 4.69) is 48.9 Å². The maximum absolute atomic E-state index is 4.15. The predicted octanol–water partition coefficient (Wildman–Crippen LogP) is 4.32. The van der Waals surface area contributed by atoms with Crippen LogP contribution < -0.4 is 5.32 Å². The molecule has 102 valence electrons. The van der Waals surface area contributed by atoms with E-state index >= 15 is 0 Å². The molecule has 0 saturated heterocycles. The summed E-state index contributed by atoms with van der Waals surface area (Å²) in [6.45, 7) is 9.11. The van der Waals surface area contributed by atoms with Crippen LogP contribution in [0.2, 0.25) is 0 Å². The van der Waals surface area contributed by atoms with E-state index in [1.807, 2.05) is 6.08 Å². The second-order valence-electron chi connectivity index (χ2n) is 5.49. The average molecular weight is 255 g/mol. The van der Waals surface area contributed by atoms with E-state index in [0.717, 1.165) is 30.9 Å². The summed E-state index contributed by atoms with van der Waals surface area (Å²) >= 11 is 0. The van der Waals surface area contributed by atoms with Crippen LogP contribution in [0.3, 0.4) is 0 Å². The van der Waals surface area contributed by atoms with Crippen molar-refractivity contribution < 1.29 is 0 Å². The Kier molecular flexibility index (Phi) is 5.41. The minimum absolute atomic E-state index is 0.206. The fourth-order valence-corrected chi connectivity index (χ4v) is 2.28. The molecule has 0 heterocycles. The molecule has 0 aromatic carbocycles. The Hall–Kier alpha value is -1.34. The summed E-state index contributed by atoms with van der Waals surface area (Å²) in [5.74, 6) is 0.872. The Morgan fingerprint density at radius 2 is 2.16 bits per heavy atom. The van der Waals surface area contributed by atoms with Gasteiger partial charge in [-0.05, 0) is 55.7 Å². The van der Waals surface area contributed by atoms with E-state index < -0.39 is 0 Å². The highest BCUT2D eigenvalue weighted by atomic mass is 14.9. The normalized spacial score (nSPS) is 20.9. The lowest BCUT2D eigenvalue weighted by atomic mass is 9.98. The topological polar surface area (TPSA) is 12.0 Å². The standard InChI is InChI=1S/C18H25N/c1-3-15(2)18(19-14-16-12-13-16)17-10-8-6-4-5-7-9-11-17/h3,6,8-11,16,18-19H,1-2,4-5,7,12-14H2. The molecule has 0 radical (unpaired) electrons. The third-order valence-corrected chi connectivity index (χ3v) is 3.75. The summed E-state index contributed by atoms with van der Waals surface area (Å²) < 4.78 is 0. The van der Waals surface area contributed by atoms with Crippen LogP contribution in [0.5, 0.6) is 0 Å². The largest absolute Gasteiger partial charge is 0.306 e. The molecule has 1 heteroatoms. The van der Waals surface area contributed by atoms with Crippen LogP contribution >= 0.6 is 0 Å². The summed E-state index contributed by atoms with van der Waals surface area (Å²) in [5, 5.41) is 3.65. The van der Waals surface area contributed by atoms with E-state index in [1.165, 1.54) is 24.8 Å². The lowest BCUT2D eigenvalue weighted by Gasteiger charge is -2.20. The van der Waals surface area contributed by atoms with Crippen molar-refractivity contribution in [1.82, 2.24) is 5.32 Å². The lowest BCUT2D eigenvalue weighted by Crippen LogP contribution is -2.33. The van der Waals surface area contributed by atoms with Gasteiger partial charge in [-0.15, -0.1) is 0 Å². The smallest absolute Gasteiger partial charge is 0.0570 e. The average Bonchev–Trinajstić information content (AvgIpc) is 3.22. The van der Waals surface area contributed by atoms with Gasteiger partial charge >= 0.3 is 0 Å². The summed E-state index contributed by atoms with van der Waals surface area (Å²) in [5.41, 5.74) is 2.35. The molecule has 2 aliphatic rings. The molecule has 1 atom stereocenters. The molecule has 19 heavy (non-hydrogen) atoms. The van der Waals surface area contributed by atoms with Gasteiger partial charge in [0.25, 0.3) is 0 Å². The van der Waals surface area contributed by atoms with E-state index in [-0.39, 0.29) is 6.04 Å². The molecule has 1 N–H and O–H groups in total. The van der Waals surface area contributed by atoms with Crippen molar-refractivity contribution in [3.05, 3.63) is 60.8 Å². The quantitative estimate of drug-likeness (QED) is 0.697. The molecule has 0 bridgehead atoms. The van der Waals surface area contributed by atoms with Crippen molar-refractivity contribution in [2.24, 2.45) is 5.92 Å². The first-order valence-corrected chi connectivity index (χ1v) is 7.39. The molecule has 0 aromatic rings. The van der Waals surface area contributed by atoms with Crippen LogP contribution in [0.4, 0.5) is 0 Å². The van der Waals surface area contributed by atoms with Gasteiger partial charge in [0.15, 0.2) is 0 Å². The molecule has 1 saturated carbocycles. The lowest BCUT2D eigenvalue weighted by molar-refractivity contribution is 0.605. The van der Waals surface area contributed by atoms with Gasteiger partial charge in [-0.2, -0.15) is 0 Å². The van der Waals surface area contributed by atoms with Crippen molar-refractivity contribution in [2.75, 3.05) is 6.54 Å². The molecule has 1 fully saturated rings. The van der Waals surface area contributed by atoms with Gasteiger partial charge in [0, 0.05) is 0 Å². The molecule has 2 rings (SSSR count). The zero-order valence-electron chi connectivity index (χ0n) is 11.8. The Bertz CT molecular complexity index is 407. The SMILES string of the molecule is C=CC(=C)C(NCC1CC1)C1=CC=CCCCC=C1. The molecule has 0 aromatic heterocycles. The first-order valence-electron chi connectivity index (χ1n) is 7.39. The Morgan fingerprint density at radius 1 is 1.37 bits per heavy atom. The van der Waals surface area contributed by atoms with Crippen molar-refractivity contribution in [3.63, 3.8) is 0 Å². The molecule has 0 amide bonds. The highest BCUT2D eigenvalue weighted by Crippen LogP contribution is 2.28.